The third kappa shape index (κ3) is 4.31. The van der Waals surface area contributed by atoms with Crippen LogP contribution >= 0.6 is 0 Å². The lowest BCUT2D eigenvalue weighted by atomic mass is 10.1. The number of aryl methyl sites for hydroxylation is 2. The zero-order valence-corrected chi connectivity index (χ0v) is 18.3. The molecule has 1 unspecified atom stereocenters. The van der Waals surface area contributed by atoms with Crippen LogP contribution in [0.5, 0.6) is 5.75 Å². The van der Waals surface area contributed by atoms with Crippen molar-refractivity contribution in [2.24, 2.45) is 0 Å². The van der Waals surface area contributed by atoms with Crippen molar-refractivity contribution in [2.75, 3.05) is 7.11 Å². The van der Waals surface area contributed by atoms with E-state index in [0.29, 0.717) is 12.1 Å². The molecule has 0 aliphatic rings. The molecule has 0 radical (unpaired) electrons. The van der Waals surface area contributed by atoms with Crippen molar-refractivity contribution in [2.45, 2.75) is 33.4 Å². The summed E-state index contributed by atoms with van der Waals surface area (Å²) < 4.78 is 7.38. The summed E-state index contributed by atoms with van der Waals surface area (Å²) in [6, 6.07) is 21.4. The van der Waals surface area contributed by atoms with E-state index in [9.17, 15) is 4.79 Å². The van der Waals surface area contributed by atoms with Crippen molar-refractivity contribution in [3.63, 3.8) is 0 Å². The maximum atomic E-state index is 12.8. The first-order valence-corrected chi connectivity index (χ1v) is 10.4. The number of rotatable bonds is 6. The molecule has 4 aromatic rings. The molecule has 5 heteroatoms. The van der Waals surface area contributed by atoms with Gasteiger partial charge in [0.15, 0.2) is 0 Å². The molecule has 4 rings (SSSR count). The van der Waals surface area contributed by atoms with E-state index in [-0.39, 0.29) is 11.9 Å². The monoisotopic (exact) mass is 413 g/mol. The van der Waals surface area contributed by atoms with Gasteiger partial charge in [-0.1, -0.05) is 35.9 Å². The average Bonchev–Trinajstić information content (AvgIpc) is 3.15. The molecule has 1 heterocycles. The summed E-state index contributed by atoms with van der Waals surface area (Å²) in [7, 11) is 1.61. The van der Waals surface area contributed by atoms with E-state index < -0.39 is 0 Å². The first kappa shape index (κ1) is 20.7. The minimum atomic E-state index is -0.257. The molecule has 0 aliphatic heterocycles. The van der Waals surface area contributed by atoms with Gasteiger partial charge in [0, 0.05) is 12.1 Å². The molecule has 0 saturated carbocycles. The van der Waals surface area contributed by atoms with Gasteiger partial charge in [-0.25, -0.2) is 4.98 Å². The number of carbonyl (C=O) groups excluding carboxylic acids is 1. The Morgan fingerprint density at radius 2 is 1.81 bits per heavy atom. The molecular weight excluding hydrogens is 386 g/mol. The summed E-state index contributed by atoms with van der Waals surface area (Å²) in [5.41, 5.74) is 6.29. The molecule has 1 aromatic heterocycles. The number of nitrogens with one attached hydrogen (secondary N) is 1. The zero-order chi connectivity index (χ0) is 22.0. The zero-order valence-electron chi connectivity index (χ0n) is 18.3. The third-order valence-electron chi connectivity index (χ3n) is 5.60. The summed E-state index contributed by atoms with van der Waals surface area (Å²) in [5.74, 6) is 1.42. The predicted octanol–water partition coefficient (Wildman–Crippen LogP) is 5.20. The van der Waals surface area contributed by atoms with Gasteiger partial charge in [0.25, 0.3) is 5.91 Å². The molecule has 1 amide bonds. The summed E-state index contributed by atoms with van der Waals surface area (Å²) in [6.07, 6.45) is 0. The largest absolute Gasteiger partial charge is 0.497 e. The molecule has 3 aromatic carbocycles. The number of benzene rings is 3. The molecule has 158 valence electrons. The molecular formula is C26H27N3O2. The molecule has 31 heavy (non-hydrogen) atoms. The first-order chi connectivity index (χ1) is 15.0. The van der Waals surface area contributed by atoms with Gasteiger partial charge in [-0.3, -0.25) is 4.79 Å². The Kier molecular flexibility index (Phi) is 5.76. The van der Waals surface area contributed by atoms with Crippen molar-refractivity contribution in [3.05, 3.63) is 94.8 Å². The molecule has 0 spiro atoms. The van der Waals surface area contributed by atoms with E-state index in [1.54, 1.807) is 31.4 Å². The number of amides is 1. The fraction of sp³-hybridized carbons (Fsp3) is 0.231. The van der Waals surface area contributed by atoms with Crippen LogP contribution < -0.4 is 10.1 Å². The Balaban J connectivity index is 1.66. The molecule has 0 fully saturated rings. The van der Waals surface area contributed by atoms with Crippen LogP contribution in [0.4, 0.5) is 0 Å². The van der Waals surface area contributed by atoms with Crippen molar-refractivity contribution in [1.29, 1.82) is 0 Å². The maximum absolute atomic E-state index is 12.8. The highest BCUT2D eigenvalue weighted by molar-refractivity contribution is 5.94. The van der Waals surface area contributed by atoms with Gasteiger partial charge >= 0.3 is 0 Å². The minimum absolute atomic E-state index is 0.138. The number of hydrogen-bond donors (Lipinski definition) is 1. The predicted molar refractivity (Wildman–Crippen MR) is 124 cm³/mol. The summed E-state index contributed by atoms with van der Waals surface area (Å²) in [4.78, 5) is 17.7. The number of para-hydroxylation sites is 2. The van der Waals surface area contributed by atoms with Gasteiger partial charge in [-0.2, -0.15) is 0 Å². The Hall–Kier alpha value is -3.60. The van der Waals surface area contributed by atoms with E-state index in [4.69, 9.17) is 9.72 Å². The normalized spacial score (nSPS) is 12.0. The van der Waals surface area contributed by atoms with E-state index in [2.05, 4.69) is 48.0 Å². The Morgan fingerprint density at radius 1 is 1.06 bits per heavy atom. The lowest BCUT2D eigenvalue weighted by Crippen LogP contribution is -2.28. The van der Waals surface area contributed by atoms with Gasteiger partial charge < -0.3 is 14.6 Å². The molecule has 5 nitrogen and oxygen atoms in total. The SMILES string of the molecule is COc1ccc(C(=O)NC(C)c2nc3ccccc3n2Cc2cc(C)ccc2C)cc1. The first-order valence-electron chi connectivity index (χ1n) is 10.4. The second kappa shape index (κ2) is 8.64. The van der Waals surface area contributed by atoms with Crippen LogP contribution in [0, 0.1) is 13.8 Å². The lowest BCUT2D eigenvalue weighted by Gasteiger charge is -2.18. The van der Waals surface area contributed by atoms with Gasteiger partial charge in [0.05, 0.1) is 24.2 Å². The second-order valence-electron chi connectivity index (χ2n) is 7.90. The number of hydrogen-bond acceptors (Lipinski definition) is 3. The Morgan fingerprint density at radius 3 is 2.55 bits per heavy atom. The van der Waals surface area contributed by atoms with Gasteiger partial charge in [-0.05, 0) is 68.3 Å². The molecule has 0 saturated heterocycles. The minimum Gasteiger partial charge on any atom is -0.497 e. The van der Waals surface area contributed by atoms with E-state index in [1.165, 1.54) is 16.7 Å². The maximum Gasteiger partial charge on any atom is 0.251 e. The van der Waals surface area contributed by atoms with Crippen molar-refractivity contribution in [3.8, 4) is 5.75 Å². The number of ether oxygens (including phenoxy) is 1. The smallest absolute Gasteiger partial charge is 0.251 e. The van der Waals surface area contributed by atoms with Crippen LogP contribution in [-0.4, -0.2) is 22.6 Å². The van der Waals surface area contributed by atoms with E-state index in [0.717, 1.165) is 22.6 Å². The van der Waals surface area contributed by atoms with Crippen LogP contribution in [0.3, 0.4) is 0 Å². The average molecular weight is 414 g/mol. The fourth-order valence-corrected chi connectivity index (χ4v) is 3.82. The van der Waals surface area contributed by atoms with Gasteiger partial charge in [0.2, 0.25) is 0 Å². The van der Waals surface area contributed by atoms with Crippen LogP contribution in [0.25, 0.3) is 11.0 Å². The van der Waals surface area contributed by atoms with Crippen LogP contribution in [-0.2, 0) is 6.54 Å². The standard InChI is InChI=1S/C26H27N3O2/c1-17-9-10-18(2)21(15-17)16-29-24-8-6-5-7-23(24)28-25(29)19(3)27-26(30)20-11-13-22(31-4)14-12-20/h5-15,19H,16H2,1-4H3,(H,27,30). The van der Waals surface area contributed by atoms with Crippen LogP contribution in [0.2, 0.25) is 0 Å². The Labute approximate surface area is 182 Å². The summed E-state index contributed by atoms with van der Waals surface area (Å²) >= 11 is 0. The topological polar surface area (TPSA) is 56.1 Å². The number of methoxy groups -OCH3 is 1. The molecule has 1 N–H and O–H groups in total. The van der Waals surface area contributed by atoms with Gasteiger partial charge in [-0.15, -0.1) is 0 Å². The third-order valence-corrected chi connectivity index (χ3v) is 5.60. The summed E-state index contributed by atoms with van der Waals surface area (Å²) in [6.45, 7) is 6.91. The number of aromatic nitrogens is 2. The highest BCUT2D eigenvalue weighted by atomic mass is 16.5. The number of fused-ring (bicyclic) bond motifs is 1. The number of imidazole rings is 1. The molecule has 0 bridgehead atoms. The number of carbonyl (C=O) groups is 1. The highest BCUT2D eigenvalue weighted by Gasteiger charge is 2.20. The van der Waals surface area contributed by atoms with Gasteiger partial charge in [0.1, 0.15) is 11.6 Å². The van der Waals surface area contributed by atoms with Crippen LogP contribution in [0.1, 0.15) is 45.8 Å². The molecule has 1 atom stereocenters. The van der Waals surface area contributed by atoms with Crippen molar-refractivity contribution < 1.29 is 9.53 Å². The van der Waals surface area contributed by atoms with Crippen molar-refractivity contribution in [1.82, 2.24) is 14.9 Å². The summed E-state index contributed by atoms with van der Waals surface area (Å²) in [5, 5.41) is 3.10. The quantitative estimate of drug-likeness (QED) is 0.473. The molecule has 0 aliphatic carbocycles. The highest BCUT2D eigenvalue weighted by Crippen LogP contribution is 2.24. The fourth-order valence-electron chi connectivity index (χ4n) is 3.82. The van der Waals surface area contributed by atoms with E-state index >= 15 is 0 Å². The second-order valence-corrected chi connectivity index (χ2v) is 7.90. The van der Waals surface area contributed by atoms with E-state index in [1.807, 2.05) is 25.1 Å². The lowest BCUT2D eigenvalue weighted by molar-refractivity contribution is 0.0937. The Bertz CT molecular complexity index is 1230. The van der Waals surface area contributed by atoms with Crippen molar-refractivity contribution >= 4 is 16.9 Å². The van der Waals surface area contributed by atoms with Crippen LogP contribution in [0.15, 0.2) is 66.7 Å². The number of nitrogens with zero attached hydrogens (tertiary/aromatic N) is 2.